The Morgan fingerprint density at radius 1 is 1.38 bits per heavy atom. The Hall–Kier alpha value is -1.06. The van der Waals surface area contributed by atoms with Gasteiger partial charge < -0.3 is 10.2 Å². The third-order valence-corrected chi connectivity index (χ3v) is 3.55. The van der Waals surface area contributed by atoms with Crippen LogP contribution < -0.4 is 5.32 Å². The second-order valence-electron chi connectivity index (χ2n) is 4.94. The molecule has 4 nitrogen and oxygen atoms in total. The van der Waals surface area contributed by atoms with Crippen LogP contribution in [0.15, 0.2) is 4.99 Å². The highest BCUT2D eigenvalue weighted by Gasteiger charge is 2.27. The van der Waals surface area contributed by atoms with Crippen LogP contribution in [0, 0.1) is 0 Å². The van der Waals surface area contributed by atoms with E-state index < -0.39 is 0 Å². The molecule has 1 heterocycles. The van der Waals surface area contributed by atoms with Crippen LogP contribution in [0.5, 0.6) is 0 Å². The molecular weight excluding hydrogens is 202 g/mol. The predicted molar refractivity (Wildman–Crippen MR) is 64.5 cm³/mol. The van der Waals surface area contributed by atoms with Crippen molar-refractivity contribution in [2.24, 2.45) is 4.99 Å². The highest BCUT2D eigenvalue weighted by atomic mass is 16.2. The Bertz CT molecular complexity index is 295. The Morgan fingerprint density at radius 2 is 2.06 bits per heavy atom. The van der Waals surface area contributed by atoms with Gasteiger partial charge >= 0.3 is 0 Å². The van der Waals surface area contributed by atoms with Crippen LogP contribution in [0.25, 0.3) is 0 Å². The van der Waals surface area contributed by atoms with Crippen molar-refractivity contribution >= 4 is 11.7 Å². The van der Waals surface area contributed by atoms with E-state index in [0.29, 0.717) is 17.9 Å². The van der Waals surface area contributed by atoms with Crippen molar-refractivity contribution in [3.8, 4) is 0 Å². The average Bonchev–Trinajstić information content (AvgIpc) is 2.75. The fraction of sp³-hybridized carbons (Fsp3) is 0.833. The maximum absolute atomic E-state index is 12.1. The number of carbonyl (C=O) groups excluding carboxylic acids is 1. The largest absolute Gasteiger partial charge is 0.361 e. The molecule has 0 saturated heterocycles. The first-order valence-corrected chi connectivity index (χ1v) is 6.26. The lowest BCUT2D eigenvalue weighted by atomic mass is 9.94. The molecule has 1 amide bonds. The summed E-state index contributed by atoms with van der Waals surface area (Å²) < 4.78 is 0. The van der Waals surface area contributed by atoms with E-state index in [1.165, 1.54) is 19.3 Å². The summed E-state index contributed by atoms with van der Waals surface area (Å²) in [5.41, 5.74) is 0. The normalized spacial score (nSPS) is 26.1. The summed E-state index contributed by atoms with van der Waals surface area (Å²) in [7, 11) is 1.91. The van der Waals surface area contributed by atoms with Gasteiger partial charge in [-0.2, -0.15) is 0 Å². The number of nitrogens with one attached hydrogen (secondary N) is 1. The Kier molecular flexibility index (Phi) is 3.46. The number of likely N-dealkylation sites (N-methyl/N-ethyl adjacent to an activating group) is 1. The molecule has 0 spiro atoms. The number of nitrogens with zero attached hydrogens (tertiary/aromatic N) is 2. The molecule has 1 saturated carbocycles. The summed E-state index contributed by atoms with van der Waals surface area (Å²) in [6, 6.07) is 0.723. The maximum Gasteiger partial charge on any atom is 0.288 e. The highest BCUT2D eigenvalue weighted by molar-refractivity contribution is 6.38. The summed E-state index contributed by atoms with van der Waals surface area (Å²) in [6.45, 7) is 2.77. The molecule has 2 aliphatic rings. The van der Waals surface area contributed by atoms with Crippen LogP contribution in [0.3, 0.4) is 0 Å². The minimum absolute atomic E-state index is 0.0660. The molecular formula is C12H21N3O. The topological polar surface area (TPSA) is 44.7 Å². The number of hydrogen-bond acceptors (Lipinski definition) is 3. The maximum atomic E-state index is 12.1. The van der Waals surface area contributed by atoms with Gasteiger partial charge in [-0.3, -0.25) is 9.79 Å². The van der Waals surface area contributed by atoms with E-state index in [2.05, 4.69) is 10.3 Å². The fourth-order valence-corrected chi connectivity index (χ4v) is 2.48. The van der Waals surface area contributed by atoms with Crippen molar-refractivity contribution < 1.29 is 4.79 Å². The number of hydrogen-bond donors (Lipinski definition) is 1. The number of carbonyl (C=O) groups is 1. The van der Waals surface area contributed by atoms with Crippen LogP contribution in [-0.4, -0.2) is 42.3 Å². The summed E-state index contributed by atoms with van der Waals surface area (Å²) in [4.78, 5) is 18.2. The van der Waals surface area contributed by atoms with E-state index in [9.17, 15) is 4.79 Å². The van der Waals surface area contributed by atoms with Gasteiger partial charge in [0, 0.05) is 19.1 Å². The first-order valence-electron chi connectivity index (χ1n) is 6.26. The molecule has 16 heavy (non-hydrogen) atoms. The number of amidine groups is 1. The molecule has 0 bridgehead atoms. The predicted octanol–water partition coefficient (Wildman–Crippen LogP) is 1.17. The van der Waals surface area contributed by atoms with Gasteiger partial charge in [-0.15, -0.1) is 0 Å². The molecule has 1 N–H and O–H groups in total. The number of rotatable bonds is 2. The molecule has 0 aromatic rings. The van der Waals surface area contributed by atoms with E-state index in [-0.39, 0.29) is 5.91 Å². The summed E-state index contributed by atoms with van der Waals surface area (Å²) in [5, 5.41) is 3.13. The zero-order valence-corrected chi connectivity index (χ0v) is 10.2. The van der Waals surface area contributed by atoms with E-state index >= 15 is 0 Å². The van der Waals surface area contributed by atoms with Crippen molar-refractivity contribution in [2.45, 2.75) is 51.1 Å². The van der Waals surface area contributed by atoms with Crippen LogP contribution in [0.4, 0.5) is 0 Å². The lowest BCUT2D eigenvalue weighted by Gasteiger charge is -2.31. The summed E-state index contributed by atoms with van der Waals surface area (Å²) in [6.07, 6.45) is 6.10. The molecule has 1 aliphatic heterocycles. The first kappa shape index (κ1) is 11.4. The fourth-order valence-electron chi connectivity index (χ4n) is 2.48. The Morgan fingerprint density at radius 3 is 2.62 bits per heavy atom. The average molecular weight is 223 g/mol. The molecule has 1 atom stereocenters. The molecule has 2 rings (SSSR count). The van der Waals surface area contributed by atoms with Crippen molar-refractivity contribution in [3.63, 3.8) is 0 Å². The van der Waals surface area contributed by atoms with Gasteiger partial charge in [0.25, 0.3) is 5.91 Å². The van der Waals surface area contributed by atoms with E-state index in [1.807, 2.05) is 18.9 Å². The quantitative estimate of drug-likeness (QED) is 0.763. The third kappa shape index (κ3) is 2.36. The highest BCUT2D eigenvalue weighted by Crippen LogP contribution is 2.21. The van der Waals surface area contributed by atoms with Crippen molar-refractivity contribution in [2.75, 3.05) is 13.6 Å². The lowest BCUT2D eigenvalue weighted by molar-refractivity contribution is -0.125. The van der Waals surface area contributed by atoms with E-state index in [4.69, 9.17) is 0 Å². The SMILES string of the molecule is CC1CN=C(C(=O)N(C)C2CCCCC2)N1. The van der Waals surface area contributed by atoms with Crippen LogP contribution in [-0.2, 0) is 4.79 Å². The summed E-state index contributed by atoms with van der Waals surface area (Å²) in [5.74, 6) is 0.622. The van der Waals surface area contributed by atoms with Crippen molar-refractivity contribution in [3.05, 3.63) is 0 Å². The zero-order chi connectivity index (χ0) is 11.5. The molecule has 1 fully saturated rings. The molecule has 90 valence electrons. The Balaban J connectivity index is 1.93. The van der Waals surface area contributed by atoms with Crippen molar-refractivity contribution in [1.29, 1.82) is 0 Å². The Labute approximate surface area is 97.1 Å². The standard InChI is InChI=1S/C12H21N3O/c1-9-8-13-11(14-9)12(16)15(2)10-6-4-3-5-7-10/h9-10H,3-8H2,1-2H3,(H,13,14). The van der Waals surface area contributed by atoms with Gasteiger partial charge in [-0.05, 0) is 19.8 Å². The van der Waals surface area contributed by atoms with Crippen molar-refractivity contribution in [1.82, 2.24) is 10.2 Å². The van der Waals surface area contributed by atoms with Crippen LogP contribution in [0.1, 0.15) is 39.0 Å². The number of amides is 1. The molecule has 0 radical (unpaired) electrons. The smallest absolute Gasteiger partial charge is 0.288 e. The minimum atomic E-state index is 0.0660. The van der Waals surface area contributed by atoms with Gasteiger partial charge in [0.2, 0.25) is 0 Å². The third-order valence-electron chi connectivity index (χ3n) is 3.55. The molecule has 4 heteroatoms. The van der Waals surface area contributed by atoms with Crippen LogP contribution in [0.2, 0.25) is 0 Å². The molecule has 1 aliphatic carbocycles. The first-order chi connectivity index (χ1) is 7.68. The number of aliphatic imine (C=N–C) groups is 1. The summed E-state index contributed by atoms with van der Waals surface area (Å²) >= 11 is 0. The second kappa shape index (κ2) is 4.85. The van der Waals surface area contributed by atoms with Gasteiger partial charge in [-0.25, -0.2) is 0 Å². The zero-order valence-electron chi connectivity index (χ0n) is 10.2. The molecule has 0 aromatic carbocycles. The van der Waals surface area contributed by atoms with E-state index in [0.717, 1.165) is 19.4 Å². The van der Waals surface area contributed by atoms with Crippen LogP contribution >= 0.6 is 0 Å². The van der Waals surface area contributed by atoms with Gasteiger partial charge in [-0.1, -0.05) is 19.3 Å². The van der Waals surface area contributed by atoms with E-state index in [1.54, 1.807) is 0 Å². The molecule has 0 aromatic heterocycles. The van der Waals surface area contributed by atoms with Gasteiger partial charge in [0.05, 0.1) is 6.54 Å². The van der Waals surface area contributed by atoms with Gasteiger partial charge in [0.1, 0.15) is 0 Å². The second-order valence-corrected chi connectivity index (χ2v) is 4.94. The lowest BCUT2D eigenvalue weighted by Crippen LogP contribution is -2.46. The molecule has 1 unspecified atom stereocenters. The minimum Gasteiger partial charge on any atom is -0.361 e. The van der Waals surface area contributed by atoms with Gasteiger partial charge in [0.15, 0.2) is 5.84 Å². The monoisotopic (exact) mass is 223 g/mol.